The zero-order chi connectivity index (χ0) is 13.5. The molecule has 1 aromatic carbocycles. The molecule has 1 atom stereocenters. The van der Waals surface area contributed by atoms with Crippen molar-refractivity contribution in [1.82, 2.24) is 10.6 Å². The number of hydrogen-bond donors (Lipinski definition) is 2. The molecule has 2 N–H and O–H groups in total. The van der Waals surface area contributed by atoms with Crippen LogP contribution in [0.5, 0.6) is 0 Å². The van der Waals surface area contributed by atoms with Gasteiger partial charge in [0.15, 0.2) is 0 Å². The zero-order valence-corrected chi connectivity index (χ0v) is 9.97. The molecule has 0 spiro atoms. The lowest BCUT2D eigenvalue weighted by atomic mass is 10.2. The summed E-state index contributed by atoms with van der Waals surface area (Å²) in [6, 6.07) is 2.80. The molecule has 3 nitrogen and oxygen atoms in total. The second-order valence-corrected chi connectivity index (χ2v) is 3.76. The molecule has 0 aliphatic rings. The second-order valence-electron chi connectivity index (χ2n) is 3.76. The molecule has 18 heavy (non-hydrogen) atoms. The first kappa shape index (κ1) is 14.1. The summed E-state index contributed by atoms with van der Waals surface area (Å²) < 4.78 is 26.0. The molecular weight excluding hydrogens is 238 g/mol. The summed E-state index contributed by atoms with van der Waals surface area (Å²) in [5.74, 6) is 0.744. The van der Waals surface area contributed by atoms with E-state index in [2.05, 4.69) is 16.6 Å². The van der Waals surface area contributed by atoms with Gasteiger partial charge in [-0.3, -0.25) is 4.79 Å². The standard InChI is InChI=1S/C13H14F2N2O/c1-3-6-16-13(18)9(2)17-8-10-4-5-11(14)7-12(10)15/h1,4-5,7,9,17H,6,8H2,2H3,(H,16,18). The average Bonchev–Trinajstić information content (AvgIpc) is 2.34. The highest BCUT2D eigenvalue weighted by Gasteiger charge is 2.12. The van der Waals surface area contributed by atoms with Gasteiger partial charge in [-0.25, -0.2) is 8.78 Å². The van der Waals surface area contributed by atoms with Gasteiger partial charge < -0.3 is 10.6 Å². The number of carbonyl (C=O) groups is 1. The number of terminal acetylenes is 1. The van der Waals surface area contributed by atoms with Crippen molar-refractivity contribution in [2.45, 2.75) is 19.5 Å². The number of halogens is 2. The van der Waals surface area contributed by atoms with E-state index in [4.69, 9.17) is 6.42 Å². The normalized spacial score (nSPS) is 11.7. The highest BCUT2D eigenvalue weighted by atomic mass is 19.1. The van der Waals surface area contributed by atoms with Crippen LogP contribution in [0.25, 0.3) is 0 Å². The van der Waals surface area contributed by atoms with Crippen molar-refractivity contribution >= 4 is 5.91 Å². The first-order chi connectivity index (χ1) is 8.54. The third kappa shape index (κ3) is 4.15. The summed E-state index contributed by atoms with van der Waals surface area (Å²) in [7, 11) is 0. The molecule has 0 aromatic heterocycles. The highest BCUT2D eigenvalue weighted by Crippen LogP contribution is 2.09. The third-order valence-electron chi connectivity index (χ3n) is 2.37. The van der Waals surface area contributed by atoms with E-state index in [-0.39, 0.29) is 19.0 Å². The van der Waals surface area contributed by atoms with Gasteiger partial charge in [0, 0.05) is 18.2 Å². The molecule has 0 saturated heterocycles. The first-order valence-electron chi connectivity index (χ1n) is 5.43. The van der Waals surface area contributed by atoms with Crippen LogP contribution in [0.1, 0.15) is 12.5 Å². The van der Waals surface area contributed by atoms with Gasteiger partial charge in [0.25, 0.3) is 0 Å². The molecule has 1 amide bonds. The zero-order valence-electron chi connectivity index (χ0n) is 9.97. The maximum Gasteiger partial charge on any atom is 0.237 e. The van der Waals surface area contributed by atoms with Gasteiger partial charge in [0.05, 0.1) is 12.6 Å². The molecule has 0 radical (unpaired) electrons. The van der Waals surface area contributed by atoms with Crippen LogP contribution >= 0.6 is 0 Å². The lowest BCUT2D eigenvalue weighted by Gasteiger charge is -2.13. The summed E-state index contributed by atoms with van der Waals surface area (Å²) in [4.78, 5) is 11.4. The Kier molecular flexibility index (Phi) is 5.28. The van der Waals surface area contributed by atoms with E-state index >= 15 is 0 Å². The Hall–Kier alpha value is -1.93. The topological polar surface area (TPSA) is 41.1 Å². The van der Waals surface area contributed by atoms with Crippen molar-refractivity contribution in [3.05, 3.63) is 35.4 Å². The summed E-state index contributed by atoms with van der Waals surface area (Å²) in [5.41, 5.74) is 0.299. The van der Waals surface area contributed by atoms with Crippen LogP contribution in [0.4, 0.5) is 8.78 Å². The number of carbonyl (C=O) groups excluding carboxylic acids is 1. The van der Waals surface area contributed by atoms with Crippen LogP contribution in [0.15, 0.2) is 18.2 Å². The van der Waals surface area contributed by atoms with Gasteiger partial charge in [-0.15, -0.1) is 6.42 Å². The molecule has 1 aromatic rings. The lowest BCUT2D eigenvalue weighted by molar-refractivity contribution is -0.122. The van der Waals surface area contributed by atoms with Crippen LogP contribution in [0.3, 0.4) is 0 Å². The molecule has 0 aliphatic carbocycles. The summed E-state index contributed by atoms with van der Waals surface area (Å²) in [6.07, 6.45) is 5.01. The fourth-order valence-corrected chi connectivity index (χ4v) is 1.31. The Bertz CT molecular complexity index is 469. The van der Waals surface area contributed by atoms with Crippen molar-refractivity contribution in [3.63, 3.8) is 0 Å². The van der Waals surface area contributed by atoms with E-state index in [0.29, 0.717) is 5.56 Å². The minimum absolute atomic E-state index is 0.136. The highest BCUT2D eigenvalue weighted by molar-refractivity contribution is 5.81. The van der Waals surface area contributed by atoms with Gasteiger partial charge in [0.1, 0.15) is 11.6 Å². The first-order valence-corrected chi connectivity index (χ1v) is 5.43. The summed E-state index contributed by atoms with van der Waals surface area (Å²) in [5, 5.41) is 5.33. The SMILES string of the molecule is C#CCNC(=O)C(C)NCc1ccc(F)cc1F. The Balaban J connectivity index is 2.49. The van der Waals surface area contributed by atoms with E-state index in [1.54, 1.807) is 6.92 Å². The van der Waals surface area contributed by atoms with Crippen molar-refractivity contribution in [2.24, 2.45) is 0 Å². The van der Waals surface area contributed by atoms with Crippen LogP contribution in [0, 0.1) is 24.0 Å². The smallest absolute Gasteiger partial charge is 0.237 e. The maximum absolute atomic E-state index is 13.3. The van der Waals surface area contributed by atoms with Crippen molar-refractivity contribution in [3.8, 4) is 12.3 Å². The largest absolute Gasteiger partial charge is 0.344 e. The second kappa shape index (κ2) is 6.72. The fraction of sp³-hybridized carbons (Fsp3) is 0.308. The minimum atomic E-state index is -0.640. The van der Waals surface area contributed by atoms with Crippen LogP contribution < -0.4 is 10.6 Å². The molecule has 0 fully saturated rings. The average molecular weight is 252 g/mol. The summed E-state index contributed by atoms with van der Waals surface area (Å²) in [6.45, 7) is 1.92. The molecule has 0 heterocycles. The third-order valence-corrected chi connectivity index (χ3v) is 2.37. The van der Waals surface area contributed by atoms with Crippen LogP contribution in [-0.2, 0) is 11.3 Å². The quantitative estimate of drug-likeness (QED) is 0.773. The van der Waals surface area contributed by atoms with E-state index in [0.717, 1.165) is 6.07 Å². The molecule has 96 valence electrons. The Labute approximate surface area is 105 Å². The number of nitrogens with one attached hydrogen (secondary N) is 2. The van der Waals surface area contributed by atoms with E-state index in [1.165, 1.54) is 12.1 Å². The minimum Gasteiger partial charge on any atom is -0.344 e. The molecule has 1 unspecified atom stereocenters. The molecular formula is C13H14F2N2O. The maximum atomic E-state index is 13.3. The van der Waals surface area contributed by atoms with Crippen molar-refractivity contribution in [1.29, 1.82) is 0 Å². The Morgan fingerprint density at radius 1 is 1.50 bits per heavy atom. The summed E-state index contributed by atoms with van der Waals surface area (Å²) >= 11 is 0. The predicted molar refractivity (Wildman–Crippen MR) is 64.5 cm³/mol. The number of amides is 1. The van der Waals surface area contributed by atoms with E-state index in [9.17, 15) is 13.6 Å². The number of rotatable bonds is 5. The van der Waals surface area contributed by atoms with Gasteiger partial charge in [-0.2, -0.15) is 0 Å². The number of hydrogen-bond acceptors (Lipinski definition) is 2. The van der Waals surface area contributed by atoms with Crippen LogP contribution in [0.2, 0.25) is 0 Å². The van der Waals surface area contributed by atoms with E-state index < -0.39 is 17.7 Å². The molecule has 1 rings (SSSR count). The van der Waals surface area contributed by atoms with Gasteiger partial charge in [0.2, 0.25) is 5.91 Å². The van der Waals surface area contributed by atoms with Gasteiger partial charge >= 0.3 is 0 Å². The molecule has 0 aliphatic heterocycles. The molecule has 0 bridgehead atoms. The monoisotopic (exact) mass is 252 g/mol. The van der Waals surface area contributed by atoms with Gasteiger partial charge in [-0.05, 0) is 13.0 Å². The van der Waals surface area contributed by atoms with Crippen LogP contribution in [-0.4, -0.2) is 18.5 Å². The molecule has 0 saturated carbocycles. The Morgan fingerprint density at radius 2 is 2.22 bits per heavy atom. The van der Waals surface area contributed by atoms with Crippen molar-refractivity contribution < 1.29 is 13.6 Å². The number of benzene rings is 1. The van der Waals surface area contributed by atoms with Gasteiger partial charge in [-0.1, -0.05) is 12.0 Å². The van der Waals surface area contributed by atoms with Crippen molar-refractivity contribution in [2.75, 3.05) is 6.54 Å². The fourth-order valence-electron chi connectivity index (χ4n) is 1.31. The molecule has 5 heteroatoms. The lowest BCUT2D eigenvalue weighted by Crippen LogP contribution is -2.42. The van der Waals surface area contributed by atoms with E-state index in [1.807, 2.05) is 0 Å². The predicted octanol–water partition coefficient (Wildman–Crippen LogP) is 1.19. The Morgan fingerprint density at radius 3 is 2.83 bits per heavy atom.